The highest BCUT2D eigenvalue weighted by Gasteiger charge is 2.33. The highest BCUT2D eigenvalue weighted by molar-refractivity contribution is 5.93. The highest BCUT2D eigenvalue weighted by atomic mass is 16.2. The van der Waals surface area contributed by atoms with Gasteiger partial charge in [0.15, 0.2) is 0 Å². The zero-order chi connectivity index (χ0) is 16.4. The molecule has 120 valence electrons. The lowest BCUT2D eigenvalue weighted by atomic mass is 9.92. The first kappa shape index (κ1) is 15.4. The average Bonchev–Trinajstić information content (AvgIpc) is 2.45. The van der Waals surface area contributed by atoms with E-state index in [0.29, 0.717) is 24.9 Å². The third kappa shape index (κ3) is 3.47. The Bertz CT molecular complexity index is 749. The molecule has 0 bridgehead atoms. The Morgan fingerprint density at radius 3 is 2.70 bits per heavy atom. The number of likely N-dealkylation sites (tertiary alicyclic amines) is 1. The molecule has 0 unspecified atom stereocenters. The van der Waals surface area contributed by atoms with Gasteiger partial charge in [-0.1, -0.05) is 13.8 Å². The van der Waals surface area contributed by atoms with E-state index in [-0.39, 0.29) is 11.6 Å². The van der Waals surface area contributed by atoms with E-state index in [1.807, 2.05) is 12.1 Å². The largest absolute Gasteiger partial charge is 0.345 e. The van der Waals surface area contributed by atoms with E-state index in [1.165, 1.54) is 5.56 Å². The number of nitrogens with one attached hydrogen (secondary N) is 1. The summed E-state index contributed by atoms with van der Waals surface area (Å²) in [5.74, 6) is 0.557. The number of aromatic amines is 1. The van der Waals surface area contributed by atoms with Gasteiger partial charge in [0.2, 0.25) is 0 Å². The second-order valence-corrected chi connectivity index (χ2v) is 6.38. The van der Waals surface area contributed by atoms with Gasteiger partial charge in [-0.05, 0) is 36.1 Å². The van der Waals surface area contributed by atoms with E-state index in [9.17, 15) is 9.59 Å². The predicted molar refractivity (Wildman–Crippen MR) is 86.3 cm³/mol. The van der Waals surface area contributed by atoms with E-state index in [1.54, 1.807) is 23.4 Å². The number of hydrogen-bond donors (Lipinski definition) is 1. The molecule has 0 aliphatic carbocycles. The summed E-state index contributed by atoms with van der Waals surface area (Å²) < 4.78 is 0. The monoisotopic (exact) mass is 312 g/mol. The summed E-state index contributed by atoms with van der Waals surface area (Å²) in [6, 6.07) is 5.64. The second-order valence-electron chi connectivity index (χ2n) is 6.38. The van der Waals surface area contributed by atoms with Gasteiger partial charge in [-0.15, -0.1) is 0 Å². The second kappa shape index (κ2) is 6.32. The van der Waals surface area contributed by atoms with Gasteiger partial charge < -0.3 is 9.88 Å². The summed E-state index contributed by atoms with van der Waals surface area (Å²) in [6.07, 6.45) is 4.24. The van der Waals surface area contributed by atoms with Crippen LogP contribution < -0.4 is 5.69 Å². The van der Waals surface area contributed by atoms with Crippen LogP contribution in [0.3, 0.4) is 0 Å². The molecule has 1 saturated heterocycles. The first-order valence-electron chi connectivity index (χ1n) is 7.82. The molecule has 0 aromatic carbocycles. The minimum absolute atomic E-state index is 0.175. The molecule has 1 aliphatic rings. The molecular formula is C17H20N4O2. The fraction of sp³-hybridized carbons (Fsp3) is 0.412. The zero-order valence-corrected chi connectivity index (χ0v) is 13.3. The van der Waals surface area contributed by atoms with Gasteiger partial charge in [0.1, 0.15) is 5.69 Å². The molecule has 3 heterocycles. The molecule has 1 N–H and O–H groups in total. The lowest BCUT2D eigenvalue weighted by molar-refractivity contribution is 0.0595. The van der Waals surface area contributed by atoms with Gasteiger partial charge in [-0.2, -0.15) is 4.98 Å². The fourth-order valence-electron chi connectivity index (χ4n) is 2.82. The van der Waals surface area contributed by atoms with Crippen molar-refractivity contribution in [1.29, 1.82) is 0 Å². The smallest absolute Gasteiger partial charge is 0.336 e. The molecule has 0 spiro atoms. The van der Waals surface area contributed by atoms with Crippen LogP contribution in [0.4, 0.5) is 0 Å². The fourth-order valence-corrected chi connectivity index (χ4v) is 2.82. The summed E-state index contributed by atoms with van der Waals surface area (Å²) in [4.78, 5) is 36.4. The zero-order valence-electron chi connectivity index (χ0n) is 13.3. The van der Waals surface area contributed by atoms with Crippen molar-refractivity contribution in [2.45, 2.75) is 26.2 Å². The summed E-state index contributed by atoms with van der Waals surface area (Å²) in [6.45, 7) is 5.43. The topological polar surface area (TPSA) is 79.0 Å². The SMILES string of the molecule is CC(C)Cc1cc(C(=O)N2CC(c3ccncc3)C2)nc(=O)[nH]1. The molecule has 0 saturated carbocycles. The van der Waals surface area contributed by atoms with Crippen LogP contribution in [0.2, 0.25) is 0 Å². The van der Waals surface area contributed by atoms with Gasteiger partial charge >= 0.3 is 5.69 Å². The van der Waals surface area contributed by atoms with Gasteiger partial charge in [0.25, 0.3) is 5.91 Å². The van der Waals surface area contributed by atoms with Crippen molar-refractivity contribution >= 4 is 5.91 Å². The third-order valence-electron chi connectivity index (χ3n) is 3.99. The maximum absolute atomic E-state index is 12.5. The Hall–Kier alpha value is -2.50. The van der Waals surface area contributed by atoms with Crippen LogP contribution in [0, 0.1) is 5.92 Å². The Labute approximate surface area is 134 Å². The van der Waals surface area contributed by atoms with Crippen LogP contribution >= 0.6 is 0 Å². The molecule has 6 heteroatoms. The number of aromatic nitrogens is 3. The first-order valence-corrected chi connectivity index (χ1v) is 7.82. The number of rotatable bonds is 4. The molecule has 1 amide bonds. The van der Waals surface area contributed by atoms with Crippen molar-refractivity contribution in [2.24, 2.45) is 5.92 Å². The number of carbonyl (C=O) groups excluding carboxylic acids is 1. The highest BCUT2D eigenvalue weighted by Crippen LogP contribution is 2.27. The van der Waals surface area contributed by atoms with E-state index in [4.69, 9.17) is 0 Å². The number of H-pyrrole nitrogens is 1. The van der Waals surface area contributed by atoms with Crippen molar-refractivity contribution in [3.63, 3.8) is 0 Å². The number of pyridine rings is 1. The van der Waals surface area contributed by atoms with Crippen LogP contribution in [-0.4, -0.2) is 38.8 Å². The molecule has 3 rings (SSSR count). The summed E-state index contributed by atoms with van der Waals surface area (Å²) >= 11 is 0. The Morgan fingerprint density at radius 1 is 1.35 bits per heavy atom. The average molecular weight is 312 g/mol. The van der Waals surface area contributed by atoms with Gasteiger partial charge in [-0.25, -0.2) is 4.79 Å². The quantitative estimate of drug-likeness (QED) is 0.930. The molecule has 1 fully saturated rings. The Balaban J connectivity index is 1.70. The van der Waals surface area contributed by atoms with Crippen LogP contribution in [0.25, 0.3) is 0 Å². The summed E-state index contributed by atoms with van der Waals surface area (Å²) in [5.41, 5.74) is 1.72. The third-order valence-corrected chi connectivity index (χ3v) is 3.99. The normalized spacial score (nSPS) is 14.8. The molecule has 23 heavy (non-hydrogen) atoms. The van der Waals surface area contributed by atoms with E-state index < -0.39 is 5.69 Å². The standard InChI is InChI=1S/C17H20N4O2/c1-11(2)7-14-8-15(20-17(23)19-14)16(22)21-9-13(10-21)12-3-5-18-6-4-12/h3-6,8,11,13H,7,9-10H2,1-2H3,(H,19,20,23). The maximum Gasteiger partial charge on any atom is 0.345 e. The van der Waals surface area contributed by atoms with E-state index in [2.05, 4.69) is 28.8 Å². The molecule has 2 aromatic rings. The Morgan fingerprint density at radius 2 is 2.04 bits per heavy atom. The van der Waals surface area contributed by atoms with Crippen molar-refractivity contribution < 1.29 is 4.79 Å². The number of hydrogen-bond acceptors (Lipinski definition) is 4. The van der Waals surface area contributed by atoms with Crippen LogP contribution in [0.5, 0.6) is 0 Å². The van der Waals surface area contributed by atoms with Crippen molar-refractivity contribution in [1.82, 2.24) is 19.9 Å². The van der Waals surface area contributed by atoms with E-state index >= 15 is 0 Å². The number of amides is 1. The number of nitrogens with zero attached hydrogens (tertiary/aromatic N) is 3. The van der Waals surface area contributed by atoms with Crippen LogP contribution in [0.1, 0.15) is 41.5 Å². The molecular weight excluding hydrogens is 292 g/mol. The minimum atomic E-state index is -0.460. The predicted octanol–water partition coefficient (Wildman–Crippen LogP) is 1.60. The molecule has 6 nitrogen and oxygen atoms in total. The summed E-state index contributed by atoms with van der Waals surface area (Å²) in [5, 5.41) is 0. The van der Waals surface area contributed by atoms with Gasteiger partial charge in [0.05, 0.1) is 0 Å². The van der Waals surface area contributed by atoms with Gasteiger partial charge in [-0.3, -0.25) is 9.78 Å². The minimum Gasteiger partial charge on any atom is -0.336 e. The van der Waals surface area contributed by atoms with Crippen molar-refractivity contribution in [3.05, 3.63) is 58.0 Å². The molecule has 2 aromatic heterocycles. The van der Waals surface area contributed by atoms with Crippen LogP contribution in [0.15, 0.2) is 35.4 Å². The van der Waals surface area contributed by atoms with Crippen molar-refractivity contribution in [2.75, 3.05) is 13.1 Å². The maximum atomic E-state index is 12.5. The number of carbonyl (C=O) groups is 1. The Kier molecular flexibility index (Phi) is 4.23. The van der Waals surface area contributed by atoms with Crippen LogP contribution in [-0.2, 0) is 6.42 Å². The molecule has 1 aliphatic heterocycles. The van der Waals surface area contributed by atoms with Gasteiger partial charge in [0, 0.05) is 37.1 Å². The molecule has 0 radical (unpaired) electrons. The first-order chi connectivity index (χ1) is 11.0. The summed E-state index contributed by atoms with van der Waals surface area (Å²) in [7, 11) is 0. The van der Waals surface area contributed by atoms with E-state index in [0.717, 1.165) is 12.1 Å². The lowest BCUT2D eigenvalue weighted by Gasteiger charge is -2.39. The molecule has 0 atom stereocenters. The lowest BCUT2D eigenvalue weighted by Crippen LogP contribution is -2.49. The van der Waals surface area contributed by atoms with Crippen molar-refractivity contribution in [3.8, 4) is 0 Å².